The van der Waals surface area contributed by atoms with Gasteiger partial charge in [-0.2, -0.15) is 25.3 Å². The van der Waals surface area contributed by atoms with Crippen molar-refractivity contribution in [3.63, 3.8) is 0 Å². The number of aliphatic imine (C=N–C) groups is 1. The SMILES string of the molecule is CC(C)[C@H](NC(=O)[C@H](Cc1ccccc1)NC(=O)C1(NC(=O)CCS)Cc2ccccc2C1)C(=O)N[C@@H](CC(N)=O)C(=O)N[C@@H](CS)C(=O)N1CCC[C@H]1C(=O)N[C@H](CCCN=C(N)N)C(=O)NCC(N)=O. The van der Waals surface area contributed by atoms with Crippen LogP contribution in [0, 0.1) is 5.92 Å². The zero-order valence-corrected chi connectivity index (χ0v) is 42.1. The second-order valence-corrected chi connectivity index (χ2v) is 18.8. The number of carbonyl (C=O) groups excluding carboxylic acids is 10. The number of rotatable bonds is 27. The van der Waals surface area contributed by atoms with E-state index in [2.05, 4.69) is 67.5 Å². The number of benzene rings is 2. The molecule has 1 aliphatic heterocycles. The first-order chi connectivity index (χ1) is 34.2. The van der Waals surface area contributed by atoms with Gasteiger partial charge in [0.05, 0.1) is 13.0 Å². The van der Waals surface area contributed by atoms with Gasteiger partial charge in [0, 0.05) is 44.5 Å². The summed E-state index contributed by atoms with van der Waals surface area (Å²) in [5.74, 6) is -8.50. The fraction of sp³-hybridized carbons (Fsp3) is 0.511. The summed E-state index contributed by atoms with van der Waals surface area (Å²) in [7, 11) is 0. The number of primary amides is 2. The highest BCUT2D eigenvalue weighted by Gasteiger charge is 2.46. The summed E-state index contributed by atoms with van der Waals surface area (Å²) < 4.78 is 0. The third-order valence-electron chi connectivity index (χ3n) is 12.1. The predicted molar refractivity (Wildman–Crippen MR) is 272 cm³/mol. The number of nitrogens with zero attached hydrogens (tertiary/aromatic N) is 2. The molecule has 2 aliphatic rings. The lowest BCUT2D eigenvalue weighted by Gasteiger charge is -2.32. The Morgan fingerprint density at radius 1 is 0.736 bits per heavy atom. The van der Waals surface area contributed by atoms with E-state index in [0.29, 0.717) is 12.0 Å². The number of thiol groups is 2. The molecular weight excluding hydrogens is 971 g/mol. The van der Waals surface area contributed by atoms with Crippen molar-refractivity contribution < 1.29 is 47.9 Å². The molecule has 1 heterocycles. The van der Waals surface area contributed by atoms with Crippen molar-refractivity contribution in [2.24, 2.45) is 33.8 Å². The summed E-state index contributed by atoms with van der Waals surface area (Å²) in [4.78, 5) is 139. The number of guanidine groups is 1. The Kier molecular flexibility index (Phi) is 22.1. The van der Waals surface area contributed by atoms with Gasteiger partial charge in [-0.15, -0.1) is 0 Å². The fourth-order valence-electron chi connectivity index (χ4n) is 8.47. The van der Waals surface area contributed by atoms with E-state index in [1.807, 2.05) is 24.3 Å². The van der Waals surface area contributed by atoms with Gasteiger partial charge in [-0.3, -0.25) is 52.9 Å². The van der Waals surface area contributed by atoms with Crippen LogP contribution < -0.4 is 60.2 Å². The molecule has 72 heavy (non-hydrogen) atoms. The van der Waals surface area contributed by atoms with Crippen LogP contribution >= 0.6 is 25.3 Å². The van der Waals surface area contributed by atoms with Crippen LogP contribution in [0.3, 0.4) is 0 Å². The molecule has 25 heteroatoms. The number of fused-ring (bicyclic) bond motifs is 1. The van der Waals surface area contributed by atoms with Gasteiger partial charge in [-0.25, -0.2) is 0 Å². The standard InChI is InChI=1S/C47H67N13O10S2/c1-26(2)38(58-41(66)31(20-27-10-4-3-5-11-27)57-45(70)47(59-37(63)16-19-71)22-28-12-6-7-13-29(28)23-47)43(68)55-32(21-35(48)61)40(65)56-33(25-72)44(69)60-18-9-15-34(60)42(67)54-30(14-8-17-52-46(50)51)39(64)53-24-36(49)62/h3-7,10-13,26,30-34,38,71-72H,8-9,14-25H2,1-2H3,(H2,48,61)(H2,49,62)(H,53,64)(H,54,67)(H,55,68)(H,56,65)(H,57,70)(H,58,66)(H,59,63)(H4,50,51,52)/t30-,31+,32+,33+,34+,38+/m1/s1. The number of nitrogens with two attached hydrogens (primary N) is 4. The Bertz CT molecular complexity index is 2310. The summed E-state index contributed by atoms with van der Waals surface area (Å²) in [6, 6.07) is 8.26. The molecule has 1 fully saturated rings. The zero-order chi connectivity index (χ0) is 53.1. The normalized spacial score (nSPS) is 16.6. The number of likely N-dealkylation sites (tertiary alicyclic amines) is 1. The molecule has 2 aromatic rings. The predicted octanol–water partition coefficient (Wildman–Crippen LogP) is -3.27. The van der Waals surface area contributed by atoms with E-state index < -0.39 is 120 Å². The summed E-state index contributed by atoms with van der Waals surface area (Å²) in [6.07, 6.45) is 0.491. The molecule has 0 radical (unpaired) electrons. The van der Waals surface area contributed by atoms with Crippen LogP contribution in [-0.4, -0.2) is 143 Å². The van der Waals surface area contributed by atoms with E-state index >= 15 is 0 Å². The van der Waals surface area contributed by atoms with E-state index in [4.69, 9.17) is 22.9 Å². The minimum Gasteiger partial charge on any atom is -0.370 e. The Labute approximate surface area is 428 Å². The molecule has 0 saturated carbocycles. The van der Waals surface area contributed by atoms with Gasteiger partial charge < -0.3 is 65.1 Å². The first-order valence-corrected chi connectivity index (χ1v) is 24.8. The van der Waals surface area contributed by atoms with Gasteiger partial charge in [-0.05, 0) is 54.0 Å². The Morgan fingerprint density at radius 3 is 1.94 bits per heavy atom. The Hall–Kier alpha value is -6.89. The van der Waals surface area contributed by atoms with E-state index in [0.717, 1.165) is 11.1 Å². The summed E-state index contributed by atoms with van der Waals surface area (Å²) >= 11 is 8.46. The van der Waals surface area contributed by atoms with Crippen LogP contribution in [0.25, 0.3) is 0 Å². The Balaban J connectivity index is 1.50. The lowest BCUT2D eigenvalue weighted by molar-refractivity contribution is -0.142. The smallest absolute Gasteiger partial charge is 0.247 e. The fourth-order valence-corrected chi connectivity index (χ4v) is 8.92. The van der Waals surface area contributed by atoms with Gasteiger partial charge >= 0.3 is 0 Å². The van der Waals surface area contributed by atoms with Crippen molar-refractivity contribution in [3.05, 3.63) is 71.3 Å². The highest BCUT2D eigenvalue weighted by Crippen LogP contribution is 2.31. The molecule has 0 unspecified atom stereocenters. The summed E-state index contributed by atoms with van der Waals surface area (Å²) in [5.41, 5.74) is 22.4. The van der Waals surface area contributed by atoms with Gasteiger partial charge in [0.1, 0.15) is 41.8 Å². The van der Waals surface area contributed by atoms with E-state index in [1.54, 1.807) is 44.2 Å². The topological polar surface area (TPSA) is 375 Å². The quantitative estimate of drug-likeness (QED) is 0.0182. The minimum absolute atomic E-state index is 0.0165. The van der Waals surface area contributed by atoms with E-state index in [-0.39, 0.29) is 75.5 Å². The van der Waals surface area contributed by atoms with Crippen molar-refractivity contribution in [2.45, 2.75) is 113 Å². The van der Waals surface area contributed by atoms with E-state index in [9.17, 15) is 47.9 Å². The molecule has 1 saturated heterocycles. The van der Waals surface area contributed by atoms with Crippen LogP contribution in [0.2, 0.25) is 0 Å². The average molecular weight is 1040 g/mol. The molecule has 0 aromatic heterocycles. The maximum atomic E-state index is 14.4. The second kappa shape index (κ2) is 27.6. The second-order valence-electron chi connectivity index (χ2n) is 18.0. The minimum atomic E-state index is -1.66. The number of nitrogens with one attached hydrogen (secondary N) is 7. The number of amides is 10. The molecule has 392 valence electrons. The molecule has 15 N–H and O–H groups in total. The van der Waals surface area contributed by atoms with Gasteiger partial charge in [-0.1, -0.05) is 68.4 Å². The number of carbonyl (C=O) groups is 10. The molecule has 2 aromatic carbocycles. The van der Waals surface area contributed by atoms with Crippen LogP contribution in [0.4, 0.5) is 0 Å². The zero-order valence-electron chi connectivity index (χ0n) is 40.3. The van der Waals surface area contributed by atoms with Crippen LogP contribution in [-0.2, 0) is 67.2 Å². The van der Waals surface area contributed by atoms with Gasteiger partial charge in [0.2, 0.25) is 59.1 Å². The maximum Gasteiger partial charge on any atom is 0.247 e. The van der Waals surface area contributed by atoms with Crippen molar-refractivity contribution in [2.75, 3.05) is 31.1 Å². The van der Waals surface area contributed by atoms with Crippen molar-refractivity contribution in [3.8, 4) is 0 Å². The first-order valence-electron chi connectivity index (χ1n) is 23.5. The van der Waals surface area contributed by atoms with Crippen molar-refractivity contribution >= 4 is 90.3 Å². The largest absolute Gasteiger partial charge is 0.370 e. The van der Waals surface area contributed by atoms with Gasteiger partial charge in [0.15, 0.2) is 5.96 Å². The van der Waals surface area contributed by atoms with Crippen LogP contribution in [0.5, 0.6) is 0 Å². The van der Waals surface area contributed by atoms with Crippen LogP contribution in [0.15, 0.2) is 59.6 Å². The number of hydrogen-bond acceptors (Lipinski definition) is 13. The molecule has 10 amide bonds. The monoisotopic (exact) mass is 1040 g/mol. The highest BCUT2D eigenvalue weighted by atomic mass is 32.1. The third-order valence-corrected chi connectivity index (χ3v) is 12.7. The average Bonchev–Trinajstić information content (AvgIpc) is 3.98. The lowest BCUT2D eigenvalue weighted by Crippen LogP contribution is -2.64. The first kappa shape index (κ1) is 57.7. The summed E-state index contributed by atoms with van der Waals surface area (Å²) in [6.45, 7) is 2.97. The molecule has 0 spiro atoms. The molecule has 6 atom stereocenters. The lowest BCUT2D eigenvalue weighted by atomic mass is 9.92. The maximum absolute atomic E-state index is 14.4. The molecule has 1 aliphatic carbocycles. The van der Waals surface area contributed by atoms with Crippen molar-refractivity contribution in [1.29, 1.82) is 0 Å². The molecular formula is C47H67N13O10S2. The van der Waals surface area contributed by atoms with Gasteiger partial charge in [0.25, 0.3) is 0 Å². The van der Waals surface area contributed by atoms with E-state index in [1.165, 1.54) is 4.90 Å². The molecule has 4 rings (SSSR count). The highest BCUT2D eigenvalue weighted by molar-refractivity contribution is 7.80. The Morgan fingerprint density at radius 2 is 1.36 bits per heavy atom. The summed E-state index contributed by atoms with van der Waals surface area (Å²) in [5, 5.41) is 18.4. The van der Waals surface area contributed by atoms with Crippen LogP contribution in [0.1, 0.15) is 69.1 Å². The van der Waals surface area contributed by atoms with Crippen molar-refractivity contribution in [1.82, 2.24) is 42.1 Å². The number of hydrogen-bond donors (Lipinski definition) is 13. The molecule has 0 bridgehead atoms. The molecule has 23 nitrogen and oxygen atoms in total. The third kappa shape index (κ3) is 16.9.